The molecular weight excluding hydrogens is 481 g/mol. The first-order chi connectivity index (χ1) is 17.2. The molecule has 3 heterocycles. The van der Waals surface area contributed by atoms with Gasteiger partial charge in [-0.3, -0.25) is 9.59 Å². The van der Waals surface area contributed by atoms with Crippen LogP contribution in [-0.2, 0) is 0 Å². The molecule has 2 aliphatic heterocycles. The van der Waals surface area contributed by atoms with Gasteiger partial charge in [-0.05, 0) is 45.1 Å². The quantitative estimate of drug-likeness (QED) is 0.562. The molecule has 5 rings (SSSR count). The Morgan fingerprint density at radius 2 is 2.03 bits per heavy atom. The molecule has 2 aromatic rings. The average molecular weight is 510 g/mol. The standard InChI is InChI=1S/C26H28FN5O3S/c1-26(2,30-9-4-8-28)14-7-10-31(13-14)21-17(27)11-16-20(24(21)35-3)32(15-5-6-15)25-19(22(16)33)23(34)18(12-29)36-25/h11,14-15,18,30H,4-7,9-10,13H2,1-3H3. The van der Waals surface area contributed by atoms with Crippen molar-refractivity contribution in [1.29, 1.82) is 10.5 Å². The Hall–Kier alpha value is -3.08. The molecule has 2 fully saturated rings. The van der Waals surface area contributed by atoms with Gasteiger partial charge in [0.1, 0.15) is 5.69 Å². The van der Waals surface area contributed by atoms with E-state index in [1.807, 2.05) is 15.5 Å². The zero-order valence-corrected chi connectivity index (χ0v) is 21.4. The zero-order valence-electron chi connectivity index (χ0n) is 20.6. The van der Waals surface area contributed by atoms with Gasteiger partial charge in [0, 0.05) is 37.6 Å². The molecule has 1 aromatic carbocycles. The molecule has 0 spiro atoms. The van der Waals surface area contributed by atoms with E-state index in [4.69, 9.17) is 10.00 Å². The number of ether oxygens (including phenoxy) is 1. The summed E-state index contributed by atoms with van der Waals surface area (Å²) < 4.78 is 23.5. The Morgan fingerprint density at radius 3 is 2.67 bits per heavy atom. The van der Waals surface area contributed by atoms with E-state index in [2.05, 4.69) is 25.2 Å². The van der Waals surface area contributed by atoms with E-state index in [0.717, 1.165) is 31.0 Å². The highest BCUT2D eigenvalue weighted by Crippen LogP contribution is 2.49. The third kappa shape index (κ3) is 3.84. The molecule has 1 aliphatic carbocycles. The van der Waals surface area contributed by atoms with Crippen molar-refractivity contribution in [1.82, 2.24) is 9.88 Å². The number of rotatable bonds is 7. The summed E-state index contributed by atoms with van der Waals surface area (Å²) in [6.07, 6.45) is 3.01. The number of Topliss-reactive ketones (excluding diaryl/α,β-unsaturated/α-hetero) is 1. The molecule has 0 bridgehead atoms. The lowest BCUT2D eigenvalue weighted by Crippen LogP contribution is -2.47. The minimum Gasteiger partial charge on any atom is -0.492 e. The van der Waals surface area contributed by atoms with Gasteiger partial charge in [0.05, 0.1) is 40.7 Å². The van der Waals surface area contributed by atoms with Crippen LogP contribution in [0.1, 0.15) is 55.9 Å². The molecule has 8 nitrogen and oxygen atoms in total. The van der Waals surface area contributed by atoms with E-state index in [1.165, 1.54) is 13.2 Å². The second-order valence-corrected chi connectivity index (χ2v) is 11.3. The number of nitrogens with zero attached hydrogens (tertiary/aromatic N) is 4. The normalized spacial score (nSPS) is 21.5. The second-order valence-electron chi connectivity index (χ2n) is 10.2. The number of nitriles is 2. The molecule has 188 valence electrons. The maximum atomic E-state index is 15.7. The van der Waals surface area contributed by atoms with Crippen LogP contribution in [0.4, 0.5) is 10.1 Å². The van der Waals surface area contributed by atoms with Crippen LogP contribution in [0.2, 0.25) is 0 Å². The highest BCUT2D eigenvalue weighted by Gasteiger charge is 2.42. The number of anilines is 1. The summed E-state index contributed by atoms with van der Waals surface area (Å²) >= 11 is 1.10. The lowest BCUT2D eigenvalue weighted by molar-refractivity contribution is 0.100. The van der Waals surface area contributed by atoms with Crippen molar-refractivity contribution in [2.75, 3.05) is 31.6 Å². The van der Waals surface area contributed by atoms with Crippen molar-refractivity contribution in [3.05, 3.63) is 27.7 Å². The van der Waals surface area contributed by atoms with Gasteiger partial charge in [0.15, 0.2) is 22.6 Å². The number of fused-ring (bicyclic) bond motifs is 2. The molecule has 1 N–H and O–H groups in total. The minimum absolute atomic E-state index is 0.00779. The zero-order chi connectivity index (χ0) is 25.8. The van der Waals surface area contributed by atoms with Crippen molar-refractivity contribution in [2.24, 2.45) is 5.92 Å². The van der Waals surface area contributed by atoms with Gasteiger partial charge in [0.2, 0.25) is 5.43 Å². The number of hydrogen-bond donors (Lipinski definition) is 1. The van der Waals surface area contributed by atoms with Crippen LogP contribution in [0.25, 0.3) is 10.9 Å². The number of aromatic nitrogens is 1. The number of nitrogens with one attached hydrogen (secondary N) is 1. The Balaban J connectivity index is 1.63. The van der Waals surface area contributed by atoms with E-state index in [9.17, 15) is 14.9 Å². The number of thioether (sulfide) groups is 1. The van der Waals surface area contributed by atoms with Crippen LogP contribution < -0.4 is 20.4 Å². The minimum atomic E-state index is -0.972. The first-order valence-corrected chi connectivity index (χ1v) is 13.1. The second kappa shape index (κ2) is 9.10. The third-order valence-corrected chi connectivity index (χ3v) is 8.80. The Labute approximate surface area is 213 Å². The smallest absolute Gasteiger partial charge is 0.201 e. The number of carbonyl (C=O) groups is 1. The maximum Gasteiger partial charge on any atom is 0.201 e. The number of hydrogen-bond acceptors (Lipinski definition) is 8. The number of halogens is 1. The van der Waals surface area contributed by atoms with Gasteiger partial charge >= 0.3 is 0 Å². The van der Waals surface area contributed by atoms with Crippen LogP contribution in [0.3, 0.4) is 0 Å². The summed E-state index contributed by atoms with van der Waals surface area (Å²) in [5.74, 6) is -0.562. The van der Waals surface area contributed by atoms with E-state index in [-0.39, 0.29) is 28.4 Å². The van der Waals surface area contributed by atoms with Crippen molar-refractivity contribution >= 4 is 34.1 Å². The third-order valence-electron chi connectivity index (χ3n) is 7.62. The highest BCUT2D eigenvalue weighted by atomic mass is 32.2. The van der Waals surface area contributed by atoms with Crippen molar-refractivity contribution in [3.8, 4) is 17.9 Å². The largest absolute Gasteiger partial charge is 0.492 e. The van der Waals surface area contributed by atoms with Crippen LogP contribution in [0, 0.1) is 34.4 Å². The van der Waals surface area contributed by atoms with Crippen LogP contribution in [0.15, 0.2) is 15.9 Å². The van der Waals surface area contributed by atoms with Crippen LogP contribution in [-0.4, -0.2) is 47.9 Å². The molecule has 2 atom stereocenters. The van der Waals surface area contributed by atoms with Gasteiger partial charge in [-0.2, -0.15) is 10.5 Å². The lowest BCUT2D eigenvalue weighted by atomic mass is 9.86. The summed E-state index contributed by atoms with van der Waals surface area (Å²) in [4.78, 5) is 28.2. The summed E-state index contributed by atoms with van der Waals surface area (Å²) in [5, 5.41) is 21.4. The monoisotopic (exact) mass is 509 g/mol. The summed E-state index contributed by atoms with van der Waals surface area (Å²) in [6.45, 7) is 6.00. The van der Waals surface area contributed by atoms with Crippen molar-refractivity contribution in [3.63, 3.8) is 0 Å². The predicted octanol–water partition coefficient (Wildman–Crippen LogP) is 3.77. The highest BCUT2D eigenvalue weighted by molar-refractivity contribution is 8.01. The molecule has 2 unspecified atom stereocenters. The summed E-state index contributed by atoms with van der Waals surface area (Å²) in [5.41, 5.74) is 0.0191. The molecule has 1 saturated heterocycles. The molecule has 1 saturated carbocycles. The average Bonchev–Trinajstić information content (AvgIpc) is 3.45. The topological polar surface area (TPSA) is 111 Å². The van der Waals surface area contributed by atoms with Gasteiger partial charge in [-0.15, -0.1) is 0 Å². The number of carbonyl (C=O) groups excluding carboxylic acids is 1. The SMILES string of the molecule is COc1c(N2CCC(C(C)(C)NCCC#N)C2)c(F)cc2c(=O)c3c(n(C4CC4)c12)SC(C#N)C3=O. The fourth-order valence-electron chi connectivity index (χ4n) is 5.49. The Bertz CT molecular complexity index is 1400. The van der Waals surface area contributed by atoms with Gasteiger partial charge in [-0.25, -0.2) is 4.39 Å². The van der Waals surface area contributed by atoms with Gasteiger partial charge < -0.3 is 19.5 Å². The first-order valence-electron chi connectivity index (χ1n) is 12.2. The number of pyridine rings is 1. The molecular formula is C26H28FN5O3S. The fraction of sp³-hybridized carbons (Fsp3) is 0.538. The van der Waals surface area contributed by atoms with Crippen molar-refractivity contribution < 1.29 is 13.9 Å². The number of benzene rings is 1. The molecule has 0 amide bonds. The van der Waals surface area contributed by atoms with E-state index in [0.29, 0.717) is 48.0 Å². The molecule has 1 aromatic heterocycles. The molecule has 3 aliphatic rings. The number of methoxy groups -OCH3 is 1. The summed E-state index contributed by atoms with van der Waals surface area (Å²) in [7, 11) is 1.48. The molecule has 0 radical (unpaired) electrons. The summed E-state index contributed by atoms with van der Waals surface area (Å²) in [6, 6.07) is 5.44. The van der Waals surface area contributed by atoms with Crippen LogP contribution >= 0.6 is 11.8 Å². The van der Waals surface area contributed by atoms with E-state index in [1.54, 1.807) is 0 Å². The first kappa shape index (κ1) is 24.6. The van der Waals surface area contributed by atoms with E-state index >= 15 is 4.39 Å². The molecule has 36 heavy (non-hydrogen) atoms. The van der Waals surface area contributed by atoms with Gasteiger partial charge in [-0.1, -0.05) is 11.8 Å². The van der Waals surface area contributed by atoms with Crippen LogP contribution in [0.5, 0.6) is 5.75 Å². The lowest BCUT2D eigenvalue weighted by Gasteiger charge is -2.33. The Kier molecular flexibility index (Phi) is 6.22. The Morgan fingerprint density at radius 1 is 1.28 bits per heavy atom. The van der Waals surface area contributed by atoms with Crippen molar-refractivity contribution in [2.45, 2.75) is 61.4 Å². The fourth-order valence-corrected chi connectivity index (χ4v) is 6.66. The van der Waals surface area contributed by atoms with Gasteiger partial charge in [0.25, 0.3) is 0 Å². The predicted molar refractivity (Wildman–Crippen MR) is 135 cm³/mol. The maximum absolute atomic E-state index is 15.7. The molecule has 10 heteroatoms. The number of ketones is 1. The van der Waals surface area contributed by atoms with E-state index < -0.39 is 22.3 Å².